The third-order valence-corrected chi connectivity index (χ3v) is 3.59. The molecule has 1 fully saturated rings. The van der Waals surface area contributed by atoms with E-state index in [-0.39, 0.29) is 24.2 Å². The first-order valence-electron chi connectivity index (χ1n) is 8.16. The van der Waals surface area contributed by atoms with Gasteiger partial charge in [0.25, 0.3) is 5.91 Å². The Morgan fingerprint density at radius 3 is 3.00 bits per heavy atom. The van der Waals surface area contributed by atoms with Gasteiger partial charge in [-0.15, -0.1) is 0 Å². The largest absolute Gasteiger partial charge is 0.462 e. The molecule has 1 aliphatic heterocycles. The summed E-state index contributed by atoms with van der Waals surface area (Å²) in [6, 6.07) is 9.11. The van der Waals surface area contributed by atoms with Crippen LogP contribution in [0.5, 0.6) is 0 Å². The quantitative estimate of drug-likeness (QED) is 0.445. The highest BCUT2D eigenvalue weighted by molar-refractivity contribution is 5.94. The minimum absolute atomic E-state index is 0.0929. The molecule has 132 valence electrons. The van der Waals surface area contributed by atoms with E-state index < -0.39 is 5.97 Å². The molecular weight excluding hydrogens is 322 g/mol. The van der Waals surface area contributed by atoms with E-state index in [1.165, 1.54) is 6.20 Å². The van der Waals surface area contributed by atoms with Crippen molar-refractivity contribution in [1.29, 1.82) is 5.26 Å². The number of carbonyl (C=O) groups is 2. The normalized spacial score (nSPS) is 16.8. The summed E-state index contributed by atoms with van der Waals surface area (Å²) >= 11 is 0. The number of esters is 1. The Hall–Kier alpha value is -2.85. The summed E-state index contributed by atoms with van der Waals surface area (Å²) in [7, 11) is 0. The Labute approximate surface area is 146 Å². The van der Waals surface area contributed by atoms with E-state index in [0.29, 0.717) is 18.8 Å². The van der Waals surface area contributed by atoms with Gasteiger partial charge in [0.15, 0.2) is 5.57 Å². The lowest BCUT2D eigenvalue weighted by Gasteiger charge is -2.11. The molecule has 0 saturated carbocycles. The van der Waals surface area contributed by atoms with Gasteiger partial charge in [0, 0.05) is 25.0 Å². The van der Waals surface area contributed by atoms with Crippen LogP contribution in [-0.2, 0) is 25.6 Å². The second kappa shape index (κ2) is 9.45. The molecule has 7 nitrogen and oxygen atoms in total. The fourth-order valence-corrected chi connectivity index (χ4v) is 2.38. The van der Waals surface area contributed by atoms with E-state index in [1.807, 2.05) is 18.2 Å². The van der Waals surface area contributed by atoms with E-state index in [4.69, 9.17) is 14.7 Å². The Morgan fingerprint density at radius 2 is 2.32 bits per heavy atom. The zero-order valence-electron chi connectivity index (χ0n) is 14.1. The van der Waals surface area contributed by atoms with Crippen LogP contribution in [0.2, 0.25) is 0 Å². The lowest BCUT2D eigenvalue weighted by molar-refractivity contribution is -0.138. The molecule has 1 amide bonds. The predicted molar refractivity (Wildman–Crippen MR) is 91.2 cm³/mol. The molecule has 2 N–H and O–H groups in total. The Balaban J connectivity index is 1.91. The molecule has 0 bridgehead atoms. The first-order chi connectivity index (χ1) is 12.1. The average Bonchev–Trinajstić information content (AvgIpc) is 3.14. The maximum atomic E-state index is 12.1. The zero-order valence-corrected chi connectivity index (χ0v) is 14.1. The maximum absolute atomic E-state index is 12.1. The topological polar surface area (TPSA) is 100 Å². The number of benzene rings is 1. The molecule has 7 heteroatoms. The third-order valence-electron chi connectivity index (χ3n) is 3.59. The van der Waals surface area contributed by atoms with Crippen molar-refractivity contribution in [2.75, 3.05) is 18.5 Å². The van der Waals surface area contributed by atoms with Crippen LogP contribution in [0.3, 0.4) is 0 Å². The first kappa shape index (κ1) is 18.5. The molecule has 0 spiro atoms. The van der Waals surface area contributed by atoms with Gasteiger partial charge in [-0.25, -0.2) is 4.79 Å². The first-order valence-corrected chi connectivity index (χ1v) is 8.16. The zero-order chi connectivity index (χ0) is 18.1. The van der Waals surface area contributed by atoms with Crippen molar-refractivity contribution in [3.05, 3.63) is 41.6 Å². The van der Waals surface area contributed by atoms with Crippen LogP contribution >= 0.6 is 0 Å². The van der Waals surface area contributed by atoms with Crippen LogP contribution in [0.25, 0.3) is 0 Å². The number of hydrogen-bond donors (Lipinski definition) is 2. The predicted octanol–water partition coefficient (Wildman–Crippen LogP) is 1.86. The summed E-state index contributed by atoms with van der Waals surface area (Å²) in [5, 5.41) is 14.7. The lowest BCUT2D eigenvalue weighted by atomic mass is 10.2. The second-order valence-electron chi connectivity index (χ2n) is 5.46. The molecular formula is C18H21N3O4. The van der Waals surface area contributed by atoms with Crippen molar-refractivity contribution in [1.82, 2.24) is 5.32 Å². The number of hydrogen-bond acceptors (Lipinski definition) is 6. The summed E-state index contributed by atoms with van der Waals surface area (Å²) in [5.74, 6) is -0.799. The number of anilines is 1. The number of carbonyl (C=O) groups excluding carboxylic acids is 2. The third kappa shape index (κ3) is 5.62. The number of amides is 1. The minimum atomic E-state index is -0.657. The van der Waals surface area contributed by atoms with Crippen molar-refractivity contribution >= 4 is 17.6 Å². The van der Waals surface area contributed by atoms with Crippen molar-refractivity contribution in [2.24, 2.45) is 0 Å². The van der Waals surface area contributed by atoms with E-state index in [9.17, 15) is 9.59 Å². The number of ether oxygens (including phenoxy) is 2. The summed E-state index contributed by atoms with van der Waals surface area (Å²) in [4.78, 5) is 23.6. The Morgan fingerprint density at radius 1 is 1.48 bits per heavy atom. The SMILES string of the molecule is CCOC(=O)/C(C#N)=C/NCc1cccc(NC(=O)C2CCCO2)c1. The van der Waals surface area contributed by atoms with Crippen LogP contribution in [0.15, 0.2) is 36.0 Å². The van der Waals surface area contributed by atoms with Gasteiger partial charge in [-0.1, -0.05) is 12.1 Å². The minimum Gasteiger partial charge on any atom is -0.462 e. The summed E-state index contributed by atoms with van der Waals surface area (Å²) in [6.07, 6.45) is 2.58. The molecule has 25 heavy (non-hydrogen) atoms. The highest BCUT2D eigenvalue weighted by Crippen LogP contribution is 2.16. The highest BCUT2D eigenvalue weighted by Gasteiger charge is 2.23. The molecule has 0 aromatic heterocycles. The molecule has 0 radical (unpaired) electrons. The van der Waals surface area contributed by atoms with Gasteiger partial charge in [0.05, 0.1) is 6.61 Å². The number of rotatable bonds is 7. The molecule has 1 aromatic carbocycles. The van der Waals surface area contributed by atoms with Gasteiger partial charge in [0.2, 0.25) is 0 Å². The Kier molecular flexibility index (Phi) is 6.99. The van der Waals surface area contributed by atoms with Crippen LogP contribution in [0.1, 0.15) is 25.3 Å². The van der Waals surface area contributed by atoms with E-state index in [0.717, 1.165) is 18.4 Å². The van der Waals surface area contributed by atoms with Crippen molar-refractivity contribution < 1.29 is 19.1 Å². The summed E-state index contributed by atoms with van der Waals surface area (Å²) in [5.41, 5.74) is 1.47. The van der Waals surface area contributed by atoms with Gasteiger partial charge in [0.1, 0.15) is 12.2 Å². The van der Waals surface area contributed by atoms with Crippen molar-refractivity contribution in [3.63, 3.8) is 0 Å². The maximum Gasteiger partial charge on any atom is 0.350 e. The van der Waals surface area contributed by atoms with Crippen LogP contribution < -0.4 is 10.6 Å². The van der Waals surface area contributed by atoms with Crippen molar-refractivity contribution in [2.45, 2.75) is 32.4 Å². The van der Waals surface area contributed by atoms with Gasteiger partial charge in [-0.05, 0) is 37.5 Å². The van der Waals surface area contributed by atoms with Crippen LogP contribution in [-0.4, -0.2) is 31.2 Å². The molecule has 0 aliphatic carbocycles. The lowest BCUT2D eigenvalue weighted by Crippen LogP contribution is -2.26. The molecule has 1 heterocycles. The average molecular weight is 343 g/mol. The summed E-state index contributed by atoms with van der Waals surface area (Å²) in [6.45, 7) is 2.91. The monoisotopic (exact) mass is 343 g/mol. The molecule has 1 unspecified atom stereocenters. The molecule has 2 rings (SSSR count). The van der Waals surface area contributed by atoms with Crippen LogP contribution in [0, 0.1) is 11.3 Å². The summed E-state index contributed by atoms with van der Waals surface area (Å²) < 4.78 is 10.1. The standard InChI is InChI=1S/C18H21N3O4/c1-2-24-18(23)14(10-19)12-20-11-13-5-3-6-15(9-13)21-17(22)16-7-4-8-25-16/h3,5-6,9,12,16,20H,2,4,7-8,11H2,1H3,(H,21,22)/b14-12+. The smallest absolute Gasteiger partial charge is 0.350 e. The molecule has 1 atom stereocenters. The Bertz CT molecular complexity index is 688. The fraction of sp³-hybridized carbons (Fsp3) is 0.389. The van der Waals surface area contributed by atoms with Crippen molar-refractivity contribution in [3.8, 4) is 6.07 Å². The van der Waals surface area contributed by atoms with Gasteiger partial charge < -0.3 is 20.1 Å². The molecule has 1 aliphatic rings. The fourth-order valence-electron chi connectivity index (χ4n) is 2.38. The van der Waals surface area contributed by atoms with Gasteiger partial charge in [-0.2, -0.15) is 5.26 Å². The number of nitrogens with zero attached hydrogens (tertiary/aromatic N) is 1. The van der Waals surface area contributed by atoms with Gasteiger partial charge >= 0.3 is 5.97 Å². The van der Waals surface area contributed by atoms with Crippen LogP contribution in [0.4, 0.5) is 5.69 Å². The highest BCUT2D eigenvalue weighted by atomic mass is 16.5. The van der Waals surface area contributed by atoms with Gasteiger partial charge in [-0.3, -0.25) is 4.79 Å². The molecule has 1 saturated heterocycles. The van der Waals surface area contributed by atoms with E-state index >= 15 is 0 Å². The number of nitrogens with one attached hydrogen (secondary N) is 2. The molecule has 1 aromatic rings. The van der Waals surface area contributed by atoms with E-state index in [2.05, 4.69) is 10.6 Å². The number of nitriles is 1. The second-order valence-corrected chi connectivity index (χ2v) is 5.46. The van der Waals surface area contributed by atoms with E-state index in [1.54, 1.807) is 19.1 Å².